The zero-order chi connectivity index (χ0) is 14.7. The summed E-state index contributed by atoms with van der Waals surface area (Å²) in [5.41, 5.74) is 4.68. The summed E-state index contributed by atoms with van der Waals surface area (Å²) in [4.78, 5) is 0. The fourth-order valence-corrected chi connectivity index (χ4v) is 2.93. The van der Waals surface area contributed by atoms with E-state index in [1.165, 1.54) is 11.1 Å². The summed E-state index contributed by atoms with van der Waals surface area (Å²) in [6, 6.07) is 25.0. The quantitative estimate of drug-likeness (QED) is 0.644. The van der Waals surface area contributed by atoms with Crippen molar-refractivity contribution in [2.24, 2.45) is 0 Å². The van der Waals surface area contributed by atoms with E-state index in [1.807, 2.05) is 12.1 Å². The Hall–Kier alpha value is -2.11. The second-order valence-corrected chi connectivity index (χ2v) is 5.46. The first kappa shape index (κ1) is 13.9. The molecule has 1 nitrogen and oxygen atoms in total. The first-order valence-electron chi connectivity index (χ1n) is 6.88. The molecule has 0 aliphatic rings. The maximum atomic E-state index is 5.67. The fraction of sp³-hybridized carbons (Fsp3) is 0.0526. The van der Waals surface area contributed by atoms with Gasteiger partial charge in [-0.3, -0.25) is 0 Å². The molecule has 104 valence electrons. The second kappa shape index (κ2) is 6.11. The van der Waals surface area contributed by atoms with Crippen molar-refractivity contribution in [3.05, 3.63) is 72.8 Å². The summed E-state index contributed by atoms with van der Waals surface area (Å²) in [6.07, 6.45) is 0. The number of benzene rings is 3. The number of methoxy groups -OCH3 is 1. The molecule has 0 N–H and O–H groups in total. The maximum absolute atomic E-state index is 5.67. The Morgan fingerprint density at radius 3 is 1.86 bits per heavy atom. The summed E-state index contributed by atoms with van der Waals surface area (Å²) < 4.78 is 5.67. The van der Waals surface area contributed by atoms with Crippen LogP contribution in [0.2, 0.25) is 0 Å². The van der Waals surface area contributed by atoms with Crippen molar-refractivity contribution in [1.29, 1.82) is 0 Å². The van der Waals surface area contributed by atoms with Crippen LogP contribution in [0.1, 0.15) is 0 Å². The monoisotopic (exact) mass is 292 g/mol. The zero-order valence-electron chi connectivity index (χ0n) is 11.9. The number of rotatable bonds is 3. The molecular weight excluding hydrogens is 275 g/mol. The van der Waals surface area contributed by atoms with Gasteiger partial charge in [0.1, 0.15) is 5.75 Å². The predicted molar refractivity (Wildman–Crippen MR) is 93.2 cm³/mol. The molecule has 0 radical (unpaired) electrons. The minimum Gasteiger partial charge on any atom is -0.495 e. The fourth-order valence-electron chi connectivity index (χ4n) is 2.57. The van der Waals surface area contributed by atoms with Gasteiger partial charge in [-0.05, 0) is 16.7 Å². The molecule has 0 saturated heterocycles. The lowest BCUT2D eigenvalue weighted by Crippen LogP contribution is -2.02. The van der Waals surface area contributed by atoms with Crippen LogP contribution in [0.5, 0.6) is 5.75 Å². The standard InChI is InChI=1S/C19H17OP/c1-20-19-17(21)13-12-16(14-8-4-2-5-9-14)18(19)15-10-6-3-7-11-15/h2-13H,21H2,1H3. The minimum absolute atomic E-state index is 0.910. The molecule has 1 unspecified atom stereocenters. The van der Waals surface area contributed by atoms with Crippen LogP contribution in [0.4, 0.5) is 0 Å². The third-order valence-corrected chi connectivity index (χ3v) is 3.99. The van der Waals surface area contributed by atoms with Crippen molar-refractivity contribution >= 4 is 14.5 Å². The highest BCUT2D eigenvalue weighted by Crippen LogP contribution is 2.38. The molecule has 2 heteroatoms. The van der Waals surface area contributed by atoms with Gasteiger partial charge in [0.05, 0.1) is 7.11 Å². The van der Waals surface area contributed by atoms with E-state index in [0.717, 1.165) is 22.2 Å². The van der Waals surface area contributed by atoms with Gasteiger partial charge in [0.2, 0.25) is 0 Å². The Morgan fingerprint density at radius 1 is 0.714 bits per heavy atom. The van der Waals surface area contributed by atoms with Gasteiger partial charge in [-0.25, -0.2) is 0 Å². The molecular formula is C19H17OP. The normalized spacial score (nSPS) is 10.4. The van der Waals surface area contributed by atoms with Crippen LogP contribution in [0.15, 0.2) is 72.8 Å². The van der Waals surface area contributed by atoms with Crippen molar-refractivity contribution in [3.63, 3.8) is 0 Å². The van der Waals surface area contributed by atoms with Crippen LogP contribution in [0.25, 0.3) is 22.3 Å². The van der Waals surface area contributed by atoms with Crippen LogP contribution in [-0.2, 0) is 0 Å². The van der Waals surface area contributed by atoms with Gasteiger partial charge >= 0.3 is 0 Å². The van der Waals surface area contributed by atoms with Crippen LogP contribution in [0.3, 0.4) is 0 Å². The molecule has 1 atom stereocenters. The Balaban J connectivity index is 2.31. The van der Waals surface area contributed by atoms with Gasteiger partial charge in [0, 0.05) is 10.9 Å². The van der Waals surface area contributed by atoms with E-state index in [0.29, 0.717) is 0 Å². The first-order valence-corrected chi connectivity index (χ1v) is 7.46. The van der Waals surface area contributed by atoms with Gasteiger partial charge in [0.25, 0.3) is 0 Å². The lowest BCUT2D eigenvalue weighted by Gasteiger charge is -2.16. The van der Waals surface area contributed by atoms with Gasteiger partial charge in [-0.2, -0.15) is 0 Å². The third kappa shape index (κ3) is 2.70. The maximum Gasteiger partial charge on any atom is 0.134 e. The summed E-state index contributed by atoms with van der Waals surface area (Å²) in [5, 5.41) is 1.07. The van der Waals surface area contributed by atoms with Crippen LogP contribution < -0.4 is 10.0 Å². The van der Waals surface area contributed by atoms with Crippen molar-refractivity contribution in [1.82, 2.24) is 0 Å². The van der Waals surface area contributed by atoms with Gasteiger partial charge < -0.3 is 4.74 Å². The summed E-state index contributed by atoms with van der Waals surface area (Å²) in [7, 11) is 4.48. The van der Waals surface area contributed by atoms with E-state index in [4.69, 9.17) is 4.74 Å². The Bertz CT molecular complexity index is 736. The molecule has 3 aromatic rings. The molecule has 3 rings (SSSR count). The molecule has 0 aliphatic heterocycles. The number of hydrogen-bond donors (Lipinski definition) is 0. The summed E-state index contributed by atoms with van der Waals surface area (Å²) in [5.74, 6) is 0.910. The molecule has 0 saturated carbocycles. The molecule has 0 spiro atoms. The Labute approximate surface area is 127 Å². The zero-order valence-corrected chi connectivity index (χ0v) is 13.1. The van der Waals surface area contributed by atoms with E-state index in [9.17, 15) is 0 Å². The van der Waals surface area contributed by atoms with Crippen LogP contribution in [-0.4, -0.2) is 7.11 Å². The third-order valence-electron chi connectivity index (χ3n) is 3.54. The van der Waals surface area contributed by atoms with E-state index in [2.05, 4.69) is 69.9 Å². The minimum atomic E-state index is 0.910. The van der Waals surface area contributed by atoms with Crippen molar-refractivity contribution in [2.45, 2.75) is 0 Å². The molecule has 21 heavy (non-hydrogen) atoms. The molecule has 0 aliphatic carbocycles. The molecule has 3 aromatic carbocycles. The van der Waals surface area contributed by atoms with Crippen molar-refractivity contribution in [3.8, 4) is 28.0 Å². The molecule has 0 bridgehead atoms. The van der Waals surface area contributed by atoms with Gasteiger partial charge in [0.15, 0.2) is 0 Å². The lowest BCUT2D eigenvalue weighted by molar-refractivity contribution is 0.420. The van der Waals surface area contributed by atoms with E-state index < -0.39 is 0 Å². The molecule has 0 heterocycles. The highest BCUT2D eigenvalue weighted by molar-refractivity contribution is 7.27. The molecule has 0 aromatic heterocycles. The second-order valence-electron chi connectivity index (χ2n) is 4.84. The van der Waals surface area contributed by atoms with Crippen molar-refractivity contribution in [2.75, 3.05) is 7.11 Å². The van der Waals surface area contributed by atoms with E-state index in [1.54, 1.807) is 7.11 Å². The highest BCUT2D eigenvalue weighted by Gasteiger charge is 2.15. The Kier molecular flexibility index (Phi) is 4.03. The largest absolute Gasteiger partial charge is 0.495 e. The van der Waals surface area contributed by atoms with Crippen LogP contribution >= 0.6 is 9.24 Å². The number of ether oxygens (including phenoxy) is 1. The SMILES string of the molecule is COc1c(P)ccc(-c2ccccc2)c1-c1ccccc1. The summed E-state index contributed by atoms with van der Waals surface area (Å²) >= 11 is 0. The van der Waals surface area contributed by atoms with Crippen molar-refractivity contribution < 1.29 is 4.74 Å². The summed E-state index contributed by atoms with van der Waals surface area (Å²) in [6.45, 7) is 0. The van der Waals surface area contributed by atoms with Crippen LogP contribution in [0, 0.1) is 0 Å². The van der Waals surface area contributed by atoms with Gasteiger partial charge in [-0.1, -0.05) is 72.8 Å². The number of hydrogen-bond acceptors (Lipinski definition) is 1. The lowest BCUT2D eigenvalue weighted by atomic mass is 9.93. The topological polar surface area (TPSA) is 9.23 Å². The van der Waals surface area contributed by atoms with E-state index >= 15 is 0 Å². The van der Waals surface area contributed by atoms with Gasteiger partial charge in [-0.15, -0.1) is 9.24 Å². The average molecular weight is 292 g/mol. The molecule has 0 fully saturated rings. The Morgan fingerprint density at radius 2 is 1.29 bits per heavy atom. The average Bonchev–Trinajstić information content (AvgIpc) is 2.56. The predicted octanol–water partition coefficient (Wildman–Crippen LogP) is 4.53. The first-order chi connectivity index (χ1) is 10.3. The smallest absolute Gasteiger partial charge is 0.134 e. The highest BCUT2D eigenvalue weighted by atomic mass is 31.0. The molecule has 0 amide bonds. The van der Waals surface area contributed by atoms with E-state index in [-0.39, 0.29) is 0 Å².